The minimum absolute atomic E-state index is 0.0146. The molecule has 0 aliphatic carbocycles. The van der Waals surface area contributed by atoms with Crippen LogP contribution >= 0.6 is 34.5 Å². The number of halogens is 2. The van der Waals surface area contributed by atoms with Gasteiger partial charge in [0.25, 0.3) is 10.0 Å². The Labute approximate surface area is 130 Å². The van der Waals surface area contributed by atoms with Crippen molar-refractivity contribution in [2.45, 2.75) is 11.1 Å². The fraction of sp³-hybridized carbons (Fsp3) is 0.0833. The van der Waals surface area contributed by atoms with E-state index < -0.39 is 10.0 Å². The number of rotatable bonds is 4. The third-order valence-electron chi connectivity index (χ3n) is 2.41. The smallest absolute Gasteiger partial charge is 0.271 e. The summed E-state index contributed by atoms with van der Waals surface area (Å²) >= 11 is 12.4. The highest BCUT2D eigenvalue weighted by atomic mass is 35.5. The first kappa shape index (κ1) is 15.3. The number of ketones is 1. The molecule has 1 heterocycles. The number of Topliss-reactive ketones (excluding diaryl/α,β-unsaturated/α-hetero) is 1. The molecular weight excluding hydrogens is 341 g/mol. The molecule has 0 fully saturated rings. The zero-order chi connectivity index (χ0) is 14.9. The Morgan fingerprint density at radius 2 is 1.95 bits per heavy atom. The standard InChI is InChI=1S/C12H9Cl2NO3S2/c1-7(16)8-3-2-4-9(5-8)15-20(17,18)11-6-10(13)12(14)19-11/h2-6,15H,1H3. The first-order valence-electron chi connectivity index (χ1n) is 5.38. The van der Waals surface area contributed by atoms with E-state index in [1.54, 1.807) is 18.2 Å². The van der Waals surface area contributed by atoms with Gasteiger partial charge in [0.1, 0.15) is 8.55 Å². The van der Waals surface area contributed by atoms with Gasteiger partial charge in [-0.05, 0) is 25.1 Å². The summed E-state index contributed by atoms with van der Waals surface area (Å²) < 4.78 is 26.9. The molecule has 20 heavy (non-hydrogen) atoms. The number of sulfonamides is 1. The molecule has 2 rings (SSSR count). The molecule has 0 aliphatic heterocycles. The van der Waals surface area contributed by atoms with Gasteiger partial charge in [0.05, 0.1) is 5.02 Å². The Balaban J connectivity index is 2.33. The van der Waals surface area contributed by atoms with Gasteiger partial charge in [-0.2, -0.15) is 0 Å². The van der Waals surface area contributed by atoms with Gasteiger partial charge in [-0.25, -0.2) is 8.42 Å². The maximum Gasteiger partial charge on any atom is 0.271 e. The van der Waals surface area contributed by atoms with Gasteiger partial charge >= 0.3 is 0 Å². The third-order valence-corrected chi connectivity index (χ3v) is 6.13. The minimum atomic E-state index is -3.77. The summed E-state index contributed by atoms with van der Waals surface area (Å²) in [5.74, 6) is -0.145. The normalized spacial score (nSPS) is 11.3. The molecule has 0 unspecified atom stereocenters. The van der Waals surface area contributed by atoms with Crippen LogP contribution in [-0.4, -0.2) is 14.2 Å². The number of nitrogens with one attached hydrogen (secondary N) is 1. The molecule has 0 spiro atoms. The number of hydrogen-bond donors (Lipinski definition) is 1. The van der Waals surface area contributed by atoms with Crippen molar-refractivity contribution in [3.8, 4) is 0 Å². The Morgan fingerprint density at radius 1 is 1.25 bits per heavy atom. The Hall–Kier alpha value is -1.08. The molecule has 1 aromatic heterocycles. The van der Waals surface area contributed by atoms with E-state index >= 15 is 0 Å². The van der Waals surface area contributed by atoms with E-state index in [0.717, 1.165) is 11.3 Å². The lowest BCUT2D eigenvalue weighted by molar-refractivity contribution is 0.101. The monoisotopic (exact) mass is 349 g/mol. The second kappa shape index (κ2) is 5.73. The van der Waals surface area contributed by atoms with Gasteiger partial charge in [-0.1, -0.05) is 35.3 Å². The molecule has 0 saturated carbocycles. The predicted octanol–water partition coefficient (Wildman–Crippen LogP) is 4.06. The van der Waals surface area contributed by atoms with Crippen LogP contribution in [0.3, 0.4) is 0 Å². The van der Waals surface area contributed by atoms with Crippen molar-refractivity contribution >= 4 is 56.0 Å². The fourth-order valence-electron chi connectivity index (χ4n) is 1.47. The van der Waals surface area contributed by atoms with Gasteiger partial charge in [0.15, 0.2) is 5.78 Å². The van der Waals surface area contributed by atoms with Crippen LogP contribution in [0.25, 0.3) is 0 Å². The summed E-state index contributed by atoms with van der Waals surface area (Å²) in [5.41, 5.74) is 0.728. The van der Waals surface area contributed by atoms with Crippen LogP contribution in [0.1, 0.15) is 17.3 Å². The Bertz CT molecular complexity index is 749. The Kier molecular flexibility index (Phi) is 4.39. The van der Waals surface area contributed by atoms with Crippen molar-refractivity contribution < 1.29 is 13.2 Å². The SMILES string of the molecule is CC(=O)c1cccc(NS(=O)(=O)c2cc(Cl)c(Cl)s2)c1. The van der Waals surface area contributed by atoms with Crippen molar-refractivity contribution in [2.24, 2.45) is 0 Å². The molecule has 0 atom stereocenters. The van der Waals surface area contributed by atoms with Gasteiger partial charge in [0, 0.05) is 11.3 Å². The summed E-state index contributed by atoms with van der Waals surface area (Å²) in [7, 11) is -3.77. The molecule has 1 aromatic carbocycles. The Morgan fingerprint density at radius 3 is 2.50 bits per heavy atom. The van der Waals surface area contributed by atoms with E-state index in [9.17, 15) is 13.2 Å². The van der Waals surface area contributed by atoms with Crippen LogP contribution in [0.4, 0.5) is 5.69 Å². The average molecular weight is 350 g/mol. The van der Waals surface area contributed by atoms with E-state index in [1.807, 2.05) is 0 Å². The van der Waals surface area contributed by atoms with Crippen LogP contribution in [0, 0.1) is 0 Å². The summed E-state index contributed by atoms with van der Waals surface area (Å²) in [4.78, 5) is 11.3. The van der Waals surface area contributed by atoms with Gasteiger partial charge in [-0.3, -0.25) is 9.52 Å². The van der Waals surface area contributed by atoms with Crippen molar-refractivity contribution in [1.82, 2.24) is 0 Å². The zero-order valence-corrected chi connectivity index (χ0v) is 13.3. The van der Waals surface area contributed by atoms with Crippen molar-refractivity contribution in [2.75, 3.05) is 4.72 Å². The molecule has 8 heteroatoms. The molecule has 0 saturated heterocycles. The fourth-order valence-corrected chi connectivity index (χ4v) is 4.40. The van der Waals surface area contributed by atoms with Gasteiger partial charge < -0.3 is 0 Å². The van der Waals surface area contributed by atoms with Gasteiger partial charge in [-0.15, -0.1) is 11.3 Å². The van der Waals surface area contributed by atoms with E-state index in [4.69, 9.17) is 23.2 Å². The number of carbonyl (C=O) groups is 1. The molecule has 1 N–H and O–H groups in total. The quantitative estimate of drug-likeness (QED) is 0.846. The predicted molar refractivity (Wildman–Crippen MR) is 81.6 cm³/mol. The van der Waals surface area contributed by atoms with Crippen LogP contribution < -0.4 is 4.72 Å². The minimum Gasteiger partial charge on any atom is -0.295 e. The highest BCUT2D eigenvalue weighted by Gasteiger charge is 2.19. The zero-order valence-electron chi connectivity index (χ0n) is 10.2. The molecule has 106 valence electrons. The summed E-state index contributed by atoms with van der Waals surface area (Å²) in [6.07, 6.45) is 0. The van der Waals surface area contributed by atoms with Crippen molar-refractivity contribution in [3.63, 3.8) is 0 Å². The molecule has 2 aromatic rings. The highest BCUT2D eigenvalue weighted by Crippen LogP contribution is 2.35. The molecule has 0 aliphatic rings. The molecule has 0 radical (unpaired) electrons. The van der Waals surface area contributed by atoms with Crippen LogP contribution in [0.2, 0.25) is 9.36 Å². The van der Waals surface area contributed by atoms with Gasteiger partial charge in [0.2, 0.25) is 0 Å². The maximum atomic E-state index is 12.1. The maximum absolute atomic E-state index is 12.1. The second-order valence-corrected chi connectivity index (χ2v) is 7.90. The summed E-state index contributed by atoms with van der Waals surface area (Å²) in [6.45, 7) is 1.41. The lowest BCUT2D eigenvalue weighted by Gasteiger charge is -2.07. The average Bonchev–Trinajstić information content (AvgIpc) is 2.70. The first-order chi connectivity index (χ1) is 9.29. The topological polar surface area (TPSA) is 63.2 Å². The summed E-state index contributed by atoms with van der Waals surface area (Å²) in [6, 6.07) is 7.52. The van der Waals surface area contributed by atoms with E-state index in [1.165, 1.54) is 19.1 Å². The molecular formula is C12H9Cl2NO3S2. The second-order valence-electron chi connectivity index (χ2n) is 3.93. The molecule has 4 nitrogen and oxygen atoms in total. The highest BCUT2D eigenvalue weighted by molar-refractivity contribution is 7.94. The van der Waals surface area contributed by atoms with E-state index in [0.29, 0.717) is 11.3 Å². The summed E-state index contributed by atoms with van der Waals surface area (Å²) in [5, 5.41) is 0.189. The van der Waals surface area contributed by atoms with Crippen LogP contribution in [0.15, 0.2) is 34.5 Å². The largest absolute Gasteiger partial charge is 0.295 e. The number of carbonyl (C=O) groups excluding carboxylic acids is 1. The van der Waals surface area contributed by atoms with Crippen molar-refractivity contribution in [1.29, 1.82) is 0 Å². The number of hydrogen-bond acceptors (Lipinski definition) is 4. The molecule has 0 bridgehead atoms. The lowest BCUT2D eigenvalue weighted by atomic mass is 10.1. The van der Waals surface area contributed by atoms with E-state index in [2.05, 4.69) is 4.72 Å². The first-order valence-corrected chi connectivity index (χ1v) is 8.44. The lowest BCUT2D eigenvalue weighted by Crippen LogP contribution is -2.11. The van der Waals surface area contributed by atoms with E-state index in [-0.39, 0.29) is 19.4 Å². The van der Waals surface area contributed by atoms with Crippen molar-refractivity contribution in [3.05, 3.63) is 45.3 Å². The number of benzene rings is 1. The number of anilines is 1. The van der Waals surface area contributed by atoms with Crippen LogP contribution in [0.5, 0.6) is 0 Å². The third kappa shape index (κ3) is 3.32. The molecule has 0 amide bonds. The number of thiophene rings is 1. The van der Waals surface area contributed by atoms with Crippen LogP contribution in [-0.2, 0) is 10.0 Å².